The number of aromatic nitrogens is 1. The second-order valence-electron chi connectivity index (χ2n) is 6.74. The molecule has 2 aromatic carbocycles. The summed E-state index contributed by atoms with van der Waals surface area (Å²) in [6.45, 7) is 3.77. The molecule has 1 amide bonds. The number of benzene rings is 2. The van der Waals surface area contributed by atoms with Gasteiger partial charge in [-0.1, -0.05) is 11.2 Å². The number of fused-ring (bicyclic) bond motifs is 1. The average Bonchev–Trinajstić information content (AvgIpc) is 3.15. The van der Waals surface area contributed by atoms with Gasteiger partial charge in [-0.2, -0.15) is 0 Å². The Labute approximate surface area is 168 Å². The van der Waals surface area contributed by atoms with Crippen molar-refractivity contribution in [3.63, 3.8) is 0 Å². The van der Waals surface area contributed by atoms with Gasteiger partial charge in [0.15, 0.2) is 12.2 Å². The fraction of sp³-hybridized carbons (Fsp3) is 0.333. The molecule has 1 saturated heterocycles. The lowest BCUT2D eigenvalue weighted by Crippen LogP contribution is -2.35. The van der Waals surface area contributed by atoms with Crippen molar-refractivity contribution in [2.45, 2.75) is 6.54 Å². The quantitative estimate of drug-likeness (QED) is 0.656. The number of ether oxygens (including phenoxy) is 3. The zero-order chi connectivity index (χ0) is 20.1. The maximum absolute atomic E-state index is 12.3. The first-order valence-corrected chi connectivity index (χ1v) is 9.46. The summed E-state index contributed by atoms with van der Waals surface area (Å²) < 4.78 is 21.5. The van der Waals surface area contributed by atoms with Crippen LogP contribution >= 0.6 is 0 Å². The minimum Gasteiger partial charge on any atom is -0.497 e. The van der Waals surface area contributed by atoms with E-state index in [2.05, 4.69) is 15.4 Å². The summed E-state index contributed by atoms with van der Waals surface area (Å²) >= 11 is 0. The van der Waals surface area contributed by atoms with Gasteiger partial charge in [0, 0.05) is 36.8 Å². The Hall–Kier alpha value is -3.10. The molecule has 3 aromatic rings. The SMILES string of the molecule is COc1cccc(OCC(=O)Nc2ccc3onc(CN4CCOCC4)c3c2)c1. The largest absolute Gasteiger partial charge is 0.497 e. The third-order valence-electron chi connectivity index (χ3n) is 4.72. The summed E-state index contributed by atoms with van der Waals surface area (Å²) in [4.78, 5) is 14.6. The van der Waals surface area contributed by atoms with Gasteiger partial charge in [0.2, 0.25) is 0 Å². The van der Waals surface area contributed by atoms with Crippen LogP contribution in [-0.2, 0) is 16.1 Å². The number of carbonyl (C=O) groups is 1. The first-order chi connectivity index (χ1) is 14.2. The van der Waals surface area contributed by atoms with Crippen molar-refractivity contribution in [1.82, 2.24) is 10.1 Å². The van der Waals surface area contributed by atoms with Crippen LogP contribution in [0, 0.1) is 0 Å². The van der Waals surface area contributed by atoms with Crippen LogP contribution in [0.15, 0.2) is 47.0 Å². The Balaban J connectivity index is 1.39. The zero-order valence-electron chi connectivity index (χ0n) is 16.2. The predicted molar refractivity (Wildman–Crippen MR) is 107 cm³/mol. The van der Waals surface area contributed by atoms with Crippen LogP contribution in [0.5, 0.6) is 11.5 Å². The Bertz CT molecular complexity index is 981. The summed E-state index contributed by atoms with van der Waals surface area (Å²) in [5, 5.41) is 7.94. The second-order valence-corrected chi connectivity index (χ2v) is 6.74. The van der Waals surface area contributed by atoms with Crippen LogP contribution in [-0.4, -0.2) is 56.0 Å². The molecule has 2 heterocycles. The van der Waals surface area contributed by atoms with E-state index in [9.17, 15) is 4.79 Å². The van der Waals surface area contributed by atoms with Gasteiger partial charge in [0.05, 0.1) is 20.3 Å². The Kier molecular flexibility index (Phi) is 5.92. The number of anilines is 1. The number of morpholine rings is 1. The highest BCUT2D eigenvalue weighted by Gasteiger charge is 2.16. The lowest BCUT2D eigenvalue weighted by Gasteiger charge is -2.25. The van der Waals surface area contributed by atoms with Crippen molar-refractivity contribution in [3.05, 3.63) is 48.2 Å². The average molecular weight is 397 g/mol. The monoisotopic (exact) mass is 397 g/mol. The van der Waals surface area contributed by atoms with Crippen molar-refractivity contribution >= 4 is 22.6 Å². The topological polar surface area (TPSA) is 86.1 Å². The molecule has 0 bridgehead atoms. The van der Waals surface area contributed by atoms with Gasteiger partial charge in [-0.25, -0.2) is 0 Å². The van der Waals surface area contributed by atoms with Crippen molar-refractivity contribution < 1.29 is 23.5 Å². The van der Waals surface area contributed by atoms with Gasteiger partial charge in [0.25, 0.3) is 5.91 Å². The van der Waals surface area contributed by atoms with Crippen molar-refractivity contribution in [2.75, 3.05) is 45.3 Å². The Morgan fingerprint density at radius 2 is 2.00 bits per heavy atom. The van der Waals surface area contributed by atoms with E-state index in [1.807, 2.05) is 24.3 Å². The number of nitrogens with one attached hydrogen (secondary N) is 1. The Morgan fingerprint density at radius 1 is 1.17 bits per heavy atom. The standard InChI is InChI=1S/C21H23N3O5/c1-26-16-3-2-4-17(12-16)28-14-21(25)22-15-5-6-20-18(11-15)19(23-29-20)13-24-7-9-27-10-8-24/h2-6,11-12H,7-10,13-14H2,1H3,(H,22,25). The molecule has 4 rings (SSSR count). The third-order valence-corrected chi connectivity index (χ3v) is 4.72. The van der Waals surface area contributed by atoms with Gasteiger partial charge in [-0.3, -0.25) is 9.69 Å². The van der Waals surface area contributed by atoms with E-state index >= 15 is 0 Å². The van der Waals surface area contributed by atoms with Crippen molar-refractivity contribution in [2.24, 2.45) is 0 Å². The Morgan fingerprint density at radius 3 is 2.83 bits per heavy atom. The molecule has 0 spiro atoms. The summed E-state index contributed by atoms with van der Waals surface area (Å²) in [5.41, 5.74) is 2.22. The number of hydrogen-bond donors (Lipinski definition) is 1. The molecular weight excluding hydrogens is 374 g/mol. The zero-order valence-corrected chi connectivity index (χ0v) is 16.2. The maximum Gasteiger partial charge on any atom is 0.262 e. The molecule has 1 aliphatic rings. The van der Waals surface area contributed by atoms with E-state index in [0.29, 0.717) is 29.3 Å². The van der Waals surface area contributed by atoms with Crippen LogP contribution in [0.25, 0.3) is 11.0 Å². The number of methoxy groups -OCH3 is 1. The molecule has 8 nitrogen and oxygen atoms in total. The molecule has 152 valence electrons. The van der Waals surface area contributed by atoms with Gasteiger partial charge >= 0.3 is 0 Å². The fourth-order valence-electron chi connectivity index (χ4n) is 3.19. The molecule has 1 N–H and O–H groups in total. The molecule has 1 fully saturated rings. The lowest BCUT2D eigenvalue weighted by atomic mass is 10.2. The van der Waals surface area contributed by atoms with E-state index in [-0.39, 0.29) is 12.5 Å². The number of hydrogen-bond acceptors (Lipinski definition) is 7. The van der Waals surface area contributed by atoms with Crippen LogP contribution in [0.3, 0.4) is 0 Å². The minimum absolute atomic E-state index is 0.102. The fourth-order valence-corrected chi connectivity index (χ4v) is 3.19. The predicted octanol–water partition coefficient (Wildman–Crippen LogP) is 2.69. The molecule has 0 aliphatic carbocycles. The van der Waals surface area contributed by atoms with Crippen LogP contribution < -0.4 is 14.8 Å². The normalized spacial score (nSPS) is 14.7. The van der Waals surface area contributed by atoms with Crippen LogP contribution in [0.2, 0.25) is 0 Å². The highest BCUT2D eigenvalue weighted by atomic mass is 16.5. The van der Waals surface area contributed by atoms with Crippen molar-refractivity contribution in [1.29, 1.82) is 0 Å². The smallest absolute Gasteiger partial charge is 0.262 e. The van der Waals surface area contributed by atoms with Gasteiger partial charge in [-0.15, -0.1) is 0 Å². The molecule has 0 atom stereocenters. The molecule has 8 heteroatoms. The number of nitrogens with zero attached hydrogens (tertiary/aromatic N) is 2. The van der Waals surface area contributed by atoms with Gasteiger partial charge in [-0.05, 0) is 30.3 Å². The maximum atomic E-state index is 12.3. The first-order valence-electron chi connectivity index (χ1n) is 9.46. The molecule has 0 saturated carbocycles. The molecule has 1 aliphatic heterocycles. The molecular formula is C21H23N3O5. The highest BCUT2D eigenvalue weighted by molar-refractivity contribution is 5.94. The molecule has 0 radical (unpaired) electrons. The summed E-state index contributed by atoms with van der Waals surface area (Å²) in [5.74, 6) is 0.994. The minimum atomic E-state index is -0.252. The second kappa shape index (κ2) is 8.93. The summed E-state index contributed by atoms with van der Waals surface area (Å²) in [6, 6.07) is 12.6. The summed E-state index contributed by atoms with van der Waals surface area (Å²) in [7, 11) is 1.58. The molecule has 0 unspecified atom stereocenters. The molecule has 1 aromatic heterocycles. The van der Waals surface area contributed by atoms with E-state index in [4.69, 9.17) is 18.7 Å². The van der Waals surface area contributed by atoms with E-state index < -0.39 is 0 Å². The van der Waals surface area contributed by atoms with Gasteiger partial charge < -0.3 is 24.1 Å². The van der Waals surface area contributed by atoms with Gasteiger partial charge in [0.1, 0.15) is 17.2 Å². The van der Waals surface area contributed by atoms with Crippen LogP contribution in [0.4, 0.5) is 5.69 Å². The number of amides is 1. The van der Waals surface area contributed by atoms with Crippen molar-refractivity contribution in [3.8, 4) is 11.5 Å². The van der Waals surface area contributed by atoms with E-state index in [0.717, 1.165) is 37.4 Å². The molecule has 29 heavy (non-hydrogen) atoms. The first kappa shape index (κ1) is 19.2. The number of rotatable bonds is 7. The summed E-state index contributed by atoms with van der Waals surface area (Å²) in [6.07, 6.45) is 0. The lowest BCUT2D eigenvalue weighted by molar-refractivity contribution is -0.118. The van der Waals surface area contributed by atoms with E-state index in [1.165, 1.54) is 0 Å². The van der Waals surface area contributed by atoms with E-state index in [1.54, 1.807) is 25.3 Å². The third kappa shape index (κ3) is 4.85. The van der Waals surface area contributed by atoms with Crippen LogP contribution in [0.1, 0.15) is 5.69 Å². The number of carbonyl (C=O) groups excluding carboxylic acids is 1. The highest BCUT2D eigenvalue weighted by Crippen LogP contribution is 2.24.